The van der Waals surface area contributed by atoms with Gasteiger partial charge in [0.2, 0.25) is 0 Å². The largest absolute Gasteiger partial charge is 0.486 e. The number of aromatic nitrogens is 1. The molecule has 0 spiro atoms. The van der Waals surface area contributed by atoms with Crippen LogP contribution >= 0.6 is 34.5 Å². The summed E-state index contributed by atoms with van der Waals surface area (Å²) >= 11 is 12.7. The molecule has 0 fully saturated rings. The molecule has 0 saturated heterocycles. The molecule has 0 aliphatic rings. The predicted molar refractivity (Wildman–Crippen MR) is 137 cm³/mol. The van der Waals surface area contributed by atoms with Crippen molar-refractivity contribution in [2.45, 2.75) is 24.6 Å². The first-order valence-corrected chi connectivity index (χ1v) is 13.8. The highest BCUT2D eigenvalue weighted by Crippen LogP contribution is 2.35. The summed E-state index contributed by atoms with van der Waals surface area (Å²) in [6.45, 7) is 3.25. The number of anilines is 2. The van der Waals surface area contributed by atoms with Gasteiger partial charge >= 0.3 is 6.18 Å². The maximum atomic E-state index is 14.8. The summed E-state index contributed by atoms with van der Waals surface area (Å²) in [4.78, 5) is 4.86. The lowest BCUT2D eigenvalue weighted by Gasteiger charge is -2.24. The van der Waals surface area contributed by atoms with Crippen molar-refractivity contribution in [1.29, 1.82) is 0 Å². The third-order valence-electron chi connectivity index (χ3n) is 5.06. The lowest BCUT2D eigenvalue weighted by Crippen LogP contribution is -2.30. The van der Waals surface area contributed by atoms with Crippen molar-refractivity contribution in [3.05, 3.63) is 62.8 Å². The smallest absolute Gasteiger partial charge is 0.416 e. The average Bonchev–Trinajstić information content (AvgIpc) is 3.22. The number of sulfonamides is 1. The Bertz CT molecular complexity index is 1350. The van der Waals surface area contributed by atoms with Crippen LogP contribution in [0.4, 0.5) is 28.4 Å². The number of hydrogen-bond donors (Lipinski definition) is 2. The van der Waals surface area contributed by atoms with E-state index in [9.17, 15) is 26.0 Å². The third kappa shape index (κ3) is 7.60. The van der Waals surface area contributed by atoms with E-state index in [1.807, 2.05) is 6.92 Å². The van der Waals surface area contributed by atoms with Gasteiger partial charge in [-0.15, -0.1) is 0 Å². The van der Waals surface area contributed by atoms with Crippen LogP contribution in [-0.4, -0.2) is 40.1 Å². The molecule has 0 aliphatic heterocycles. The molecule has 0 aliphatic carbocycles. The minimum atomic E-state index is -4.55. The van der Waals surface area contributed by atoms with Gasteiger partial charge in [0.25, 0.3) is 10.0 Å². The summed E-state index contributed by atoms with van der Waals surface area (Å²) in [6, 6.07) is 4.84. The molecule has 202 valence electrons. The zero-order valence-electron chi connectivity index (χ0n) is 19.5. The molecule has 3 aromatic rings. The quantitative estimate of drug-likeness (QED) is 0.206. The molecule has 0 unspecified atom stereocenters. The highest BCUT2D eigenvalue weighted by atomic mass is 35.5. The number of nitrogens with zero attached hydrogens (tertiary/aromatic N) is 2. The summed E-state index contributed by atoms with van der Waals surface area (Å²) in [7, 11) is -2.66. The van der Waals surface area contributed by atoms with Crippen LogP contribution in [0.25, 0.3) is 0 Å². The van der Waals surface area contributed by atoms with Crippen molar-refractivity contribution in [3.63, 3.8) is 0 Å². The van der Waals surface area contributed by atoms with E-state index in [0.29, 0.717) is 31.3 Å². The van der Waals surface area contributed by atoms with Crippen molar-refractivity contribution in [2.75, 3.05) is 36.3 Å². The number of ether oxygens (including phenoxy) is 1. The highest BCUT2D eigenvalue weighted by molar-refractivity contribution is 7.93. The van der Waals surface area contributed by atoms with Gasteiger partial charge in [0.05, 0.1) is 16.8 Å². The molecular weight excluding hydrogens is 579 g/mol. The summed E-state index contributed by atoms with van der Waals surface area (Å²) in [5, 5.41) is 2.73. The van der Waals surface area contributed by atoms with Crippen LogP contribution in [-0.2, 0) is 22.8 Å². The Morgan fingerprint density at radius 3 is 2.54 bits per heavy atom. The van der Waals surface area contributed by atoms with Crippen LogP contribution in [0.15, 0.2) is 41.4 Å². The first-order chi connectivity index (χ1) is 17.3. The van der Waals surface area contributed by atoms with E-state index in [4.69, 9.17) is 27.9 Å². The SMILES string of the molecule is CCNCCN(C)c1cc(C(F)(F)F)ccc1COc1cc(Cl)c(S(=O)(=O)Nc2ncc(Cl)s2)cc1F. The minimum absolute atomic E-state index is 0.0325. The summed E-state index contributed by atoms with van der Waals surface area (Å²) < 4.78 is 87.9. The van der Waals surface area contributed by atoms with Gasteiger partial charge in [-0.2, -0.15) is 13.2 Å². The van der Waals surface area contributed by atoms with E-state index < -0.39 is 32.5 Å². The fraction of sp³-hybridized carbons (Fsp3) is 0.318. The van der Waals surface area contributed by atoms with Crippen molar-refractivity contribution < 1.29 is 30.7 Å². The Kier molecular flexibility index (Phi) is 9.51. The Labute approximate surface area is 225 Å². The molecule has 1 aromatic heterocycles. The van der Waals surface area contributed by atoms with Crippen LogP contribution in [0.2, 0.25) is 9.36 Å². The van der Waals surface area contributed by atoms with Crippen LogP contribution in [0.5, 0.6) is 5.75 Å². The first-order valence-electron chi connectivity index (χ1n) is 10.7. The third-order valence-corrected chi connectivity index (χ3v) is 8.02. The number of nitrogens with one attached hydrogen (secondary N) is 2. The summed E-state index contributed by atoms with van der Waals surface area (Å²) in [5.74, 6) is -1.40. The minimum Gasteiger partial charge on any atom is -0.486 e. The van der Waals surface area contributed by atoms with Crippen molar-refractivity contribution in [1.82, 2.24) is 10.3 Å². The van der Waals surface area contributed by atoms with Crippen LogP contribution in [0.3, 0.4) is 0 Å². The van der Waals surface area contributed by atoms with E-state index >= 15 is 0 Å². The van der Waals surface area contributed by atoms with Gasteiger partial charge in [-0.1, -0.05) is 47.5 Å². The van der Waals surface area contributed by atoms with Gasteiger partial charge in [0.15, 0.2) is 16.7 Å². The molecule has 37 heavy (non-hydrogen) atoms. The first kappa shape index (κ1) is 29.2. The number of thiazole rings is 1. The van der Waals surface area contributed by atoms with Gasteiger partial charge in [-0.05, 0) is 24.7 Å². The van der Waals surface area contributed by atoms with Crippen LogP contribution in [0, 0.1) is 5.82 Å². The Morgan fingerprint density at radius 2 is 1.92 bits per heavy atom. The van der Waals surface area contributed by atoms with Crippen molar-refractivity contribution >= 4 is 55.4 Å². The van der Waals surface area contributed by atoms with Crippen molar-refractivity contribution in [2.24, 2.45) is 0 Å². The summed E-state index contributed by atoms with van der Waals surface area (Å²) in [5.41, 5.74) is -0.217. The van der Waals surface area contributed by atoms with Crippen LogP contribution in [0.1, 0.15) is 18.1 Å². The summed E-state index contributed by atoms with van der Waals surface area (Å²) in [6.07, 6.45) is -3.30. The molecule has 1 heterocycles. The second-order valence-corrected chi connectivity index (χ2v) is 11.4. The van der Waals surface area contributed by atoms with E-state index in [-0.39, 0.29) is 32.5 Å². The fourth-order valence-corrected chi connectivity index (χ4v) is 5.80. The van der Waals surface area contributed by atoms with Gasteiger partial charge in [-0.3, -0.25) is 4.72 Å². The molecule has 0 radical (unpaired) electrons. The molecule has 7 nitrogen and oxygen atoms in total. The number of halogens is 6. The molecule has 2 N–H and O–H groups in total. The monoisotopic (exact) mass is 600 g/mol. The fourth-order valence-electron chi connectivity index (χ4n) is 3.22. The number of alkyl halides is 3. The van der Waals surface area contributed by atoms with E-state index in [1.165, 1.54) is 12.3 Å². The topological polar surface area (TPSA) is 83.6 Å². The average molecular weight is 601 g/mol. The molecule has 3 rings (SSSR count). The maximum Gasteiger partial charge on any atom is 0.416 e. The van der Waals surface area contributed by atoms with E-state index in [1.54, 1.807) is 11.9 Å². The predicted octanol–water partition coefficient (Wildman–Crippen LogP) is 6.03. The molecule has 0 atom stereocenters. The number of rotatable bonds is 11. The number of hydrogen-bond acceptors (Lipinski definition) is 7. The number of likely N-dealkylation sites (N-methyl/N-ethyl adjacent to an activating group) is 2. The Hall–Kier alpha value is -2.32. The normalized spacial score (nSPS) is 12.0. The zero-order chi connectivity index (χ0) is 27.4. The number of benzene rings is 2. The molecule has 0 amide bonds. The molecule has 0 bridgehead atoms. The molecule has 15 heteroatoms. The maximum absolute atomic E-state index is 14.8. The molecular formula is C22H22Cl2F4N4O3S2. The molecule has 2 aromatic carbocycles. The van der Waals surface area contributed by atoms with Gasteiger partial charge in [0.1, 0.15) is 15.8 Å². The molecule has 0 saturated carbocycles. The van der Waals surface area contributed by atoms with Gasteiger partial charge < -0.3 is 15.0 Å². The van der Waals surface area contributed by atoms with E-state index in [0.717, 1.165) is 29.5 Å². The Morgan fingerprint density at radius 1 is 1.19 bits per heavy atom. The van der Waals surface area contributed by atoms with Gasteiger partial charge in [-0.25, -0.2) is 17.8 Å². The zero-order valence-corrected chi connectivity index (χ0v) is 22.6. The van der Waals surface area contributed by atoms with Crippen LogP contribution < -0.4 is 19.7 Å². The Balaban J connectivity index is 1.84. The second-order valence-electron chi connectivity index (χ2n) is 7.69. The standard InChI is InChI=1S/C22H22Cl2F4N4O3S2/c1-3-29-6-7-32(2)17-8-14(22(26,27)28)5-4-13(17)12-35-18-9-15(23)19(10-16(18)25)37(33,34)31-21-30-11-20(24)36-21/h4-5,8-11,29H,3,6-7,12H2,1-2H3,(H,30,31). The second kappa shape index (κ2) is 12.0. The van der Waals surface area contributed by atoms with E-state index in [2.05, 4.69) is 15.0 Å². The lowest BCUT2D eigenvalue weighted by atomic mass is 10.1. The van der Waals surface area contributed by atoms with Crippen molar-refractivity contribution in [3.8, 4) is 5.75 Å². The lowest BCUT2D eigenvalue weighted by molar-refractivity contribution is -0.137. The highest BCUT2D eigenvalue weighted by Gasteiger charge is 2.31. The van der Waals surface area contributed by atoms with Gasteiger partial charge in [0, 0.05) is 37.5 Å².